The predicted octanol–water partition coefficient (Wildman–Crippen LogP) is 2.66. The van der Waals surface area contributed by atoms with Crippen LogP contribution in [-0.4, -0.2) is 17.9 Å². The van der Waals surface area contributed by atoms with Gasteiger partial charge in [-0.3, -0.25) is 0 Å². The van der Waals surface area contributed by atoms with E-state index in [9.17, 15) is 0 Å². The number of hydrogen-bond donors (Lipinski definition) is 3. The van der Waals surface area contributed by atoms with E-state index in [-0.39, 0.29) is 0 Å². The third-order valence-corrected chi connectivity index (χ3v) is 3.56. The Balaban J connectivity index is 1.74. The molecule has 0 aliphatic heterocycles. The molecule has 3 N–H and O–H groups in total. The van der Waals surface area contributed by atoms with Gasteiger partial charge in [-0.15, -0.1) is 10.5 Å². The summed E-state index contributed by atoms with van der Waals surface area (Å²) in [7, 11) is 0. The largest absolute Gasteiger partial charge is 0.494 e. The first-order valence-corrected chi connectivity index (χ1v) is 8.62. The van der Waals surface area contributed by atoms with Crippen molar-refractivity contribution in [1.82, 2.24) is 5.43 Å². The summed E-state index contributed by atoms with van der Waals surface area (Å²) in [5.74, 6) is 0.900. The lowest BCUT2D eigenvalue weighted by Gasteiger charge is -2.05. The van der Waals surface area contributed by atoms with Crippen molar-refractivity contribution in [3.05, 3.63) is 60.2 Å². The highest BCUT2D eigenvalue weighted by atomic mass is 32.1. The van der Waals surface area contributed by atoms with Crippen molar-refractivity contribution in [3.63, 3.8) is 0 Å². The van der Waals surface area contributed by atoms with Crippen molar-refractivity contribution < 1.29 is 9.84 Å². The molecule has 0 heterocycles. The van der Waals surface area contributed by atoms with Crippen LogP contribution < -0.4 is 20.6 Å². The van der Waals surface area contributed by atoms with Gasteiger partial charge in [0.1, 0.15) is 5.75 Å². The lowest BCUT2D eigenvalue weighted by atomic mass is 10.2. The molecule has 2 aromatic rings. The molecule has 24 heavy (non-hydrogen) atoms. The first-order valence-electron chi connectivity index (χ1n) is 8.21. The molecule has 0 unspecified atom stereocenters. The highest BCUT2D eigenvalue weighted by molar-refractivity contribution is 7.80. The van der Waals surface area contributed by atoms with Crippen LogP contribution in [0, 0.1) is 0 Å². The van der Waals surface area contributed by atoms with Gasteiger partial charge >= 0.3 is 0 Å². The smallest absolute Gasteiger partial charge is 0.228 e. The summed E-state index contributed by atoms with van der Waals surface area (Å²) in [6, 6.07) is 17.7. The van der Waals surface area contributed by atoms with E-state index in [1.165, 1.54) is 12.8 Å². The number of hydrogen-bond acceptors (Lipinski definition) is 2. The van der Waals surface area contributed by atoms with Crippen LogP contribution in [0.15, 0.2) is 54.6 Å². The Bertz CT molecular complexity index is 641. The zero-order valence-electron chi connectivity index (χ0n) is 13.9. The number of unbranched alkanes of at least 4 members (excludes halogenated alkanes) is 2. The highest BCUT2D eigenvalue weighted by Crippen LogP contribution is 2.11. The second kappa shape index (κ2) is 10.4. The first kappa shape index (κ1) is 17.9. The SMILES string of the molecule is CCCCCOc1ccc(C=[NH+]NC(=S)Nc2ccccc2)cc1. The number of thiocarbonyl (C=S) groups is 1. The Kier molecular flexibility index (Phi) is 7.77. The van der Waals surface area contributed by atoms with E-state index in [0.717, 1.165) is 30.0 Å². The third-order valence-electron chi connectivity index (χ3n) is 3.35. The number of nitrogens with one attached hydrogen (secondary N) is 3. The van der Waals surface area contributed by atoms with Crippen molar-refractivity contribution in [2.75, 3.05) is 11.9 Å². The topological polar surface area (TPSA) is 47.3 Å². The molecule has 0 spiro atoms. The molecule has 2 aromatic carbocycles. The third kappa shape index (κ3) is 6.79. The van der Waals surface area contributed by atoms with E-state index in [1.54, 1.807) is 0 Å². The van der Waals surface area contributed by atoms with Crippen LogP contribution in [0.1, 0.15) is 31.7 Å². The molecule has 0 fully saturated rings. The van der Waals surface area contributed by atoms with Crippen molar-refractivity contribution in [2.45, 2.75) is 26.2 Å². The fraction of sp³-hybridized carbons (Fsp3) is 0.263. The first-order chi connectivity index (χ1) is 11.8. The van der Waals surface area contributed by atoms with Crippen molar-refractivity contribution >= 4 is 29.2 Å². The van der Waals surface area contributed by atoms with Gasteiger partial charge in [0.15, 0.2) is 6.21 Å². The Morgan fingerprint density at radius 3 is 2.54 bits per heavy atom. The molecule has 2 rings (SSSR count). The predicted molar refractivity (Wildman–Crippen MR) is 103 cm³/mol. The van der Waals surface area contributed by atoms with E-state index < -0.39 is 0 Å². The molecule has 0 saturated carbocycles. The van der Waals surface area contributed by atoms with Gasteiger partial charge in [-0.25, -0.2) is 0 Å². The van der Waals surface area contributed by atoms with Crippen molar-refractivity contribution in [3.8, 4) is 5.75 Å². The van der Waals surface area contributed by atoms with Crippen LogP contribution in [0.25, 0.3) is 0 Å². The van der Waals surface area contributed by atoms with Gasteiger partial charge in [-0.1, -0.05) is 38.0 Å². The van der Waals surface area contributed by atoms with Crippen molar-refractivity contribution in [1.29, 1.82) is 0 Å². The summed E-state index contributed by atoms with van der Waals surface area (Å²) < 4.78 is 5.69. The molecule has 0 amide bonds. The molecule has 0 saturated heterocycles. The van der Waals surface area contributed by atoms with Crippen LogP contribution >= 0.6 is 12.2 Å². The lowest BCUT2D eigenvalue weighted by Crippen LogP contribution is -2.82. The Morgan fingerprint density at radius 2 is 1.83 bits per heavy atom. The normalized spacial score (nSPS) is 10.5. The van der Waals surface area contributed by atoms with Gasteiger partial charge in [0.25, 0.3) is 0 Å². The minimum absolute atomic E-state index is 0.508. The molecule has 126 valence electrons. The maximum absolute atomic E-state index is 5.69. The van der Waals surface area contributed by atoms with Gasteiger partial charge in [-0.2, -0.15) is 0 Å². The average Bonchev–Trinajstić information content (AvgIpc) is 2.61. The van der Waals surface area contributed by atoms with E-state index in [0.29, 0.717) is 5.11 Å². The summed E-state index contributed by atoms with van der Waals surface area (Å²) >= 11 is 5.22. The van der Waals surface area contributed by atoms with Crippen LogP contribution in [0.5, 0.6) is 5.75 Å². The van der Waals surface area contributed by atoms with Gasteiger partial charge in [0, 0.05) is 11.3 Å². The van der Waals surface area contributed by atoms with Crippen LogP contribution in [0.3, 0.4) is 0 Å². The number of benzene rings is 2. The molecule has 0 aliphatic carbocycles. The fourth-order valence-electron chi connectivity index (χ4n) is 2.07. The van der Waals surface area contributed by atoms with Gasteiger partial charge in [0.05, 0.1) is 6.61 Å². The van der Waals surface area contributed by atoms with Gasteiger partial charge in [-0.05, 0) is 55.0 Å². The molecule has 4 nitrogen and oxygen atoms in total. The lowest BCUT2D eigenvalue weighted by molar-refractivity contribution is -0.499. The average molecular weight is 342 g/mol. The Morgan fingerprint density at radius 1 is 1.08 bits per heavy atom. The zero-order valence-corrected chi connectivity index (χ0v) is 14.7. The molecule has 0 aromatic heterocycles. The van der Waals surface area contributed by atoms with Crippen LogP contribution in [-0.2, 0) is 0 Å². The standard InChI is InChI=1S/C19H23N3OS/c1-2-3-7-14-23-18-12-10-16(11-13-18)15-20-22-19(24)21-17-8-5-4-6-9-17/h4-6,8-13,15H,2-3,7,14H2,1H3,(H2,21,22,24)/p+1. The minimum atomic E-state index is 0.508. The van der Waals surface area contributed by atoms with Crippen LogP contribution in [0.4, 0.5) is 5.69 Å². The molecule has 0 atom stereocenters. The van der Waals surface area contributed by atoms with E-state index in [1.807, 2.05) is 60.8 Å². The van der Waals surface area contributed by atoms with E-state index in [4.69, 9.17) is 17.0 Å². The number of rotatable bonds is 8. The van der Waals surface area contributed by atoms with E-state index in [2.05, 4.69) is 22.8 Å². The number of anilines is 1. The summed E-state index contributed by atoms with van der Waals surface area (Å²) in [5, 5.41) is 6.58. The van der Waals surface area contributed by atoms with Gasteiger partial charge in [0.2, 0.25) is 5.11 Å². The van der Waals surface area contributed by atoms with E-state index >= 15 is 0 Å². The second-order valence-electron chi connectivity index (χ2n) is 5.36. The number of hydrazine groups is 1. The zero-order chi connectivity index (χ0) is 17.0. The number of para-hydroxylation sites is 1. The number of hydrazone groups is 1. The fourth-order valence-corrected chi connectivity index (χ4v) is 2.25. The molecular weight excluding hydrogens is 318 g/mol. The summed E-state index contributed by atoms with van der Waals surface area (Å²) in [6.07, 6.45) is 5.36. The molecule has 0 aliphatic rings. The van der Waals surface area contributed by atoms with Crippen LogP contribution in [0.2, 0.25) is 0 Å². The monoisotopic (exact) mass is 342 g/mol. The van der Waals surface area contributed by atoms with Gasteiger partial charge < -0.3 is 10.1 Å². The quantitative estimate of drug-likeness (QED) is 0.299. The summed E-state index contributed by atoms with van der Waals surface area (Å²) in [5.41, 5.74) is 4.91. The molecule has 0 bridgehead atoms. The Hall–Kier alpha value is -2.40. The molecule has 5 heteroatoms. The minimum Gasteiger partial charge on any atom is -0.494 e. The molecule has 0 radical (unpaired) electrons. The number of ether oxygens (including phenoxy) is 1. The molecular formula is C19H24N3OS+. The Labute approximate surface area is 148 Å². The summed E-state index contributed by atoms with van der Waals surface area (Å²) in [4.78, 5) is 0. The maximum Gasteiger partial charge on any atom is 0.228 e. The highest BCUT2D eigenvalue weighted by Gasteiger charge is 1.99. The second-order valence-corrected chi connectivity index (χ2v) is 5.77. The van der Waals surface area contributed by atoms with Crippen molar-refractivity contribution in [2.24, 2.45) is 0 Å². The maximum atomic E-state index is 5.69. The summed E-state index contributed by atoms with van der Waals surface area (Å²) in [6.45, 7) is 2.96.